The minimum Gasteiger partial charge on any atom is -0.374 e. The number of carbonyl (C=O) groups excluding carboxylic acids is 1. The Morgan fingerprint density at radius 1 is 1.21 bits per heavy atom. The normalized spacial score (nSPS) is 16.6. The Morgan fingerprint density at radius 2 is 1.86 bits per heavy atom. The molecule has 0 heterocycles. The largest absolute Gasteiger partial charge is 0.374 e. The second-order valence-corrected chi connectivity index (χ2v) is 7.82. The van der Waals surface area contributed by atoms with Gasteiger partial charge in [-0.25, -0.2) is 0 Å². The lowest BCUT2D eigenvalue weighted by Crippen LogP contribution is -2.49. The van der Waals surface area contributed by atoms with Gasteiger partial charge >= 0.3 is 0 Å². The Balaban J connectivity index is 0.00000420. The van der Waals surface area contributed by atoms with Gasteiger partial charge in [0.05, 0.1) is 11.5 Å². The summed E-state index contributed by atoms with van der Waals surface area (Å²) < 4.78 is 5.91. The number of amides is 1. The first-order valence-corrected chi connectivity index (χ1v) is 10.3. The molecule has 2 N–H and O–H groups in total. The Kier molecular flexibility index (Phi) is 11.6. The summed E-state index contributed by atoms with van der Waals surface area (Å²) in [4.78, 5) is 18.7. The Morgan fingerprint density at radius 3 is 2.45 bits per heavy atom. The summed E-state index contributed by atoms with van der Waals surface area (Å²) in [5.41, 5.74) is 0.898. The summed E-state index contributed by atoms with van der Waals surface area (Å²) >= 11 is 0. The van der Waals surface area contributed by atoms with E-state index in [1.54, 1.807) is 11.9 Å². The summed E-state index contributed by atoms with van der Waals surface area (Å²) in [6.45, 7) is 4.16. The van der Waals surface area contributed by atoms with Gasteiger partial charge in [-0.3, -0.25) is 9.79 Å². The van der Waals surface area contributed by atoms with Crippen LogP contribution in [0, 0.1) is 5.41 Å². The van der Waals surface area contributed by atoms with E-state index in [2.05, 4.69) is 34.7 Å². The van der Waals surface area contributed by atoms with Crippen LogP contribution in [0.5, 0.6) is 0 Å². The van der Waals surface area contributed by atoms with Crippen molar-refractivity contribution >= 4 is 35.8 Å². The highest BCUT2D eigenvalue weighted by molar-refractivity contribution is 14.0. The minimum atomic E-state index is -0.296. The van der Waals surface area contributed by atoms with Gasteiger partial charge in [0.2, 0.25) is 5.91 Å². The number of rotatable bonds is 9. The van der Waals surface area contributed by atoms with Gasteiger partial charge in [-0.1, -0.05) is 43.2 Å². The van der Waals surface area contributed by atoms with Crippen molar-refractivity contribution in [3.8, 4) is 0 Å². The molecule has 0 bridgehead atoms. The number of halogens is 1. The summed E-state index contributed by atoms with van der Waals surface area (Å²) in [5.74, 6) is 0.963. The van der Waals surface area contributed by atoms with Crippen LogP contribution in [0.3, 0.4) is 0 Å². The van der Waals surface area contributed by atoms with Gasteiger partial charge in [-0.2, -0.15) is 0 Å². The molecule has 29 heavy (non-hydrogen) atoms. The number of nitrogens with zero attached hydrogens (tertiary/aromatic N) is 2. The fourth-order valence-corrected chi connectivity index (χ4v) is 3.83. The highest BCUT2D eigenvalue weighted by Gasteiger charge is 2.42. The van der Waals surface area contributed by atoms with Crippen molar-refractivity contribution in [1.29, 1.82) is 0 Å². The van der Waals surface area contributed by atoms with Gasteiger partial charge in [0.25, 0.3) is 0 Å². The molecule has 0 spiro atoms. The molecule has 0 saturated heterocycles. The first-order valence-electron chi connectivity index (χ1n) is 10.3. The van der Waals surface area contributed by atoms with Crippen LogP contribution in [0.4, 0.5) is 0 Å². The van der Waals surface area contributed by atoms with Crippen LogP contribution in [-0.2, 0) is 9.53 Å². The Hall–Kier alpha value is -1.35. The van der Waals surface area contributed by atoms with E-state index in [0.29, 0.717) is 13.2 Å². The molecule has 1 aliphatic rings. The number of benzene rings is 1. The standard InChI is InChI=1S/C22H36N4O2.HI/c1-18(19-11-6-5-7-12-19)28-16-10-15-24-21(23-2)25-17-22(13-8-9-14-22)20(27)26(3)4;/h5-7,11-12,18H,8-10,13-17H2,1-4H3,(H2,23,24,25);1H. The molecular weight excluding hydrogens is 479 g/mol. The van der Waals surface area contributed by atoms with Crippen LogP contribution < -0.4 is 10.6 Å². The second-order valence-electron chi connectivity index (χ2n) is 7.82. The molecule has 0 aromatic heterocycles. The highest BCUT2D eigenvalue weighted by atomic mass is 127. The third-order valence-electron chi connectivity index (χ3n) is 5.49. The van der Waals surface area contributed by atoms with Crippen LogP contribution in [0.25, 0.3) is 0 Å². The van der Waals surface area contributed by atoms with E-state index in [0.717, 1.165) is 44.6 Å². The van der Waals surface area contributed by atoms with E-state index in [-0.39, 0.29) is 41.4 Å². The maximum Gasteiger partial charge on any atom is 0.230 e. The van der Waals surface area contributed by atoms with Crippen LogP contribution in [0.15, 0.2) is 35.3 Å². The number of hydrogen-bond acceptors (Lipinski definition) is 3. The predicted octanol–water partition coefficient (Wildman–Crippen LogP) is 3.59. The molecular formula is C22H37IN4O2. The van der Waals surface area contributed by atoms with Gasteiger partial charge in [0, 0.05) is 40.8 Å². The summed E-state index contributed by atoms with van der Waals surface area (Å²) in [6.07, 6.45) is 5.10. The topological polar surface area (TPSA) is 66.0 Å². The molecule has 7 heteroatoms. The molecule has 2 rings (SSSR count). The lowest BCUT2D eigenvalue weighted by Gasteiger charge is -2.31. The molecule has 0 radical (unpaired) electrons. The quantitative estimate of drug-likeness (QED) is 0.228. The fraction of sp³-hybridized carbons (Fsp3) is 0.636. The molecule has 164 valence electrons. The molecule has 1 unspecified atom stereocenters. The molecule has 1 aliphatic carbocycles. The van der Waals surface area contributed by atoms with E-state index in [1.807, 2.05) is 32.3 Å². The average Bonchev–Trinajstić information content (AvgIpc) is 3.19. The van der Waals surface area contributed by atoms with Crippen molar-refractivity contribution in [2.75, 3.05) is 40.8 Å². The second kappa shape index (κ2) is 13.1. The van der Waals surface area contributed by atoms with E-state index in [9.17, 15) is 4.79 Å². The summed E-state index contributed by atoms with van der Waals surface area (Å²) in [6, 6.07) is 10.3. The first kappa shape index (κ1) is 25.7. The van der Waals surface area contributed by atoms with Crippen molar-refractivity contribution in [2.24, 2.45) is 10.4 Å². The number of aliphatic imine (C=N–C) groups is 1. The van der Waals surface area contributed by atoms with Crippen LogP contribution >= 0.6 is 24.0 Å². The zero-order chi connectivity index (χ0) is 20.4. The number of guanidine groups is 1. The van der Waals surface area contributed by atoms with E-state index >= 15 is 0 Å². The molecule has 1 fully saturated rings. The first-order chi connectivity index (χ1) is 13.5. The lowest BCUT2D eigenvalue weighted by molar-refractivity contribution is -0.138. The monoisotopic (exact) mass is 516 g/mol. The van der Waals surface area contributed by atoms with Gasteiger partial charge in [-0.05, 0) is 31.7 Å². The summed E-state index contributed by atoms with van der Waals surface area (Å²) in [5, 5.41) is 6.69. The number of nitrogens with one attached hydrogen (secondary N) is 2. The van der Waals surface area contributed by atoms with Gasteiger partial charge in [0.1, 0.15) is 0 Å². The Labute approximate surface area is 192 Å². The number of hydrogen-bond donors (Lipinski definition) is 2. The van der Waals surface area contributed by atoms with E-state index in [4.69, 9.17) is 4.74 Å². The lowest BCUT2D eigenvalue weighted by atomic mass is 9.84. The van der Waals surface area contributed by atoms with Crippen LogP contribution in [0.1, 0.15) is 50.7 Å². The molecule has 1 atom stereocenters. The molecule has 1 aromatic rings. The third-order valence-corrected chi connectivity index (χ3v) is 5.49. The third kappa shape index (κ3) is 7.77. The zero-order valence-electron chi connectivity index (χ0n) is 18.2. The van der Waals surface area contributed by atoms with Crippen molar-refractivity contribution in [3.63, 3.8) is 0 Å². The average molecular weight is 516 g/mol. The van der Waals surface area contributed by atoms with Crippen molar-refractivity contribution in [1.82, 2.24) is 15.5 Å². The predicted molar refractivity (Wildman–Crippen MR) is 130 cm³/mol. The molecule has 6 nitrogen and oxygen atoms in total. The molecule has 1 amide bonds. The molecule has 1 aromatic carbocycles. The highest BCUT2D eigenvalue weighted by Crippen LogP contribution is 2.38. The fourth-order valence-electron chi connectivity index (χ4n) is 3.83. The molecule has 1 saturated carbocycles. The number of ether oxygens (including phenoxy) is 1. The van der Waals surface area contributed by atoms with Crippen LogP contribution in [0.2, 0.25) is 0 Å². The van der Waals surface area contributed by atoms with E-state index < -0.39 is 0 Å². The van der Waals surface area contributed by atoms with Gasteiger partial charge < -0.3 is 20.3 Å². The van der Waals surface area contributed by atoms with Crippen molar-refractivity contribution in [2.45, 2.75) is 45.1 Å². The van der Waals surface area contributed by atoms with Crippen LogP contribution in [-0.4, -0.2) is 57.6 Å². The van der Waals surface area contributed by atoms with Crippen molar-refractivity contribution in [3.05, 3.63) is 35.9 Å². The maximum atomic E-state index is 12.7. The van der Waals surface area contributed by atoms with Gasteiger partial charge in [0.15, 0.2) is 5.96 Å². The van der Waals surface area contributed by atoms with Gasteiger partial charge in [-0.15, -0.1) is 24.0 Å². The number of carbonyl (C=O) groups is 1. The minimum absolute atomic E-state index is 0. The SMILES string of the molecule is CN=C(NCCCOC(C)c1ccccc1)NCC1(C(=O)N(C)C)CCCC1.I. The Bertz CT molecular complexity index is 631. The molecule has 0 aliphatic heterocycles. The van der Waals surface area contributed by atoms with Crippen molar-refractivity contribution < 1.29 is 9.53 Å². The van der Waals surface area contributed by atoms with E-state index in [1.165, 1.54) is 5.56 Å². The zero-order valence-corrected chi connectivity index (χ0v) is 20.6. The maximum absolute atomic E-state index is 12.7. The smallest absolute Gasteiger partial charge is 0.230 e. The summed E-state index contributed by atoms with van der Waals surface area (Å²) in [7, 11) is 5.44.